The summed E-state index contributed by atoms with van der Waals surface area (Å²) in [5, 5.41) is 2.79. The van der Waals surface area contributed by atoms with Crippen LogP contribution in [-0.4, -0.2) is 19.0 Å². The van der Waals surface area contributed by atoms with Crippen molar-refractivity contribution in [2.24, 2.45) is 12.8 Å². The van der Waals surface area contributed by atoms with Crippen molar-refractivity contribution in [3.8, 4) is 0 Å². The van der Waals surface area contributed by atoms with Crippen molar-refractivity contribution in [3.05, 3.63) is 30.1 Å². The molecule has 14 heavy (non-hydrogen) atoms. The van der Waals surface area contributed by atoms with Crippen LogP contribution in [0.3, 0.4) is 0 Å². The van der Waals surface area contributed by atoms with Gasteiger partial charge < -0.3 is 11.1 Å². The van der Waals surface area contributed by atoms with Crippen LogP contribution in [0.4, 0.5) is 0 Å². The molecule has 3 N–H and O–H groups in total. The monoisotopic (exact) mass is 194 g/mol. The number of aromatic nitrogens is 1. The Hall–Kier alpha value is -1.42. The van der Waals surface area contributed by atoms with Gasteiger partial charge in [0.2, 0.25) is 0 Å². The van der Waals surface area contributed by atoms with Crippen LogP contribution in [0.15, 0.2) is 24.5 Å². The SMILES string of the molecule is C[n+]1ccc(C(=O)NCCCN)cc1. The fourth-order valence-electron chi connectivity index (χ4n) is 1.06. The maximum absolute atomic E-state index is 11.5. The van der Waals surface area contributed by atoms with Gasteiger partial charge in [-0.2, -0.15) is 0 Å². The summed E-state index contributed by atoms with van der Waals surface area (Å²) in [6.45, 7) is 1.24. The number of pyridine rings is 1. The summed E-state index contributed by atoms with van der Waals surface area (Å²) in [5.41, 5.74) is 6.00. The van der Waals surface area contributed by atoms with Crippen molar-refractivity contribution in [1.29, 1.82) is 0 Å². The summed E-state index contributed by atoms with van der Waals surface area (Å²) >= 11 is 0. The lowest BCUT2D eigenvalue weighted by Crippen LogP contribution is -2.29. The molecule has 0 bridgehead atoms. The minimum absolute atomic E-state index is 0.0425. The van der Waals surface area contributed by atoms with Crippen LogP contribution < -0.4 is 15.6 Å². The Bertz CT molecular complexity index is 295. The molecule has 1 aromatic heterocycles. The van der Waals surface area contributed by atoms with Gasteiger partial charge in [0.05, 0.1) is 5.56 Å². The lowest BCUT2D eigenvalue weighted by molar-refractivity contribution is -0.671. The first-order chi connectivity index (χ1) is 6.74. The third kappa shape index (κ3) is 3.14. The Morgan fingerprint density at radius 3 is 2.71 bits per heavy atom. The first-order valence-corrected chi connectivity index (χ1v) is 4.67. The second-order valence-electron chi connectivity index (χ2n) is 3.15. The molecule has 76 valence electrons. The number of nitrogens with one attached hydrogen (secondary N) is 1. The van der Waals surface area contributed by atoms with Gasteiger partial charge >= 0.3 is 0 Å². The zero-order valence-corrected chi connectivity index (χ0v) is 8.36. The summed E-state index contributed by atoms with van der Waals surface area (Å²) < 4.78 is 1.89. The normalized spacial score (nSPS) is 9.86. The molecule has 0 fully saturated rings. The van der Waals surface area contributed by atoms with Crippen molar-refractivity contribution < 1.29 is 9.36 Å². The highest BCUT2D eigenvalue weighted by Crippen LogP contribution is 1.94. The van der Waals surface area contributed by atoms with Crippen molar-refractivity contribution in [2.45, 2.75) is 6.42 Å². The molecule has 4 heteroatoms. The van der Waals surface area contributed by atoms with E-state index in [9.17, 15) is 4.79 Å². The fourth-order valence-corrected chi connectivity index (χ4v) is 1.06. The third-order valence-corrected chi connectivity index (χ3v) is 1.91. The van der Waals surface area contributed by atoms with Gasteiger partial charge in [0.1, 0.15) is 7.05 Å². The molecular weight excluding hydrogens is 178 g/mol. The molecule has 0 saturated carbocycles. The summed E-state index contributed by atoms with van der Waals surface area (Å²) in [5.74, 6) is -0.0425. The zero-order chi connectivity index (χ0) is 10.4. The molecule has 0 saturated heterocycles. The van der Waals surface area contributed by atoms with Crippen molar-refractivity contribution in [1.82, 2.24) is 5.32 Å². The summed E-state index contributed by atoms with van der Waals surface area (Å²) in [7, 11) is 1.91. The maximum Gasteiger partial charge on any atom is 0.251 e. The second kappa shape index (κ2) is 5.34. The average molecular weight is 194 g/mol. The topological polar surface area (TPSA) is 59.0 Å². The molecule has 0 aliphatic rings. The Labute approximate surface area is 83.7 Å². The summed E-state index contributed by atoms with van der Waals surface area (Å²) in [6, 6.07) is 3.58. The van der Waals surface area contributed by atoms with E-state index in [0.29, 0.717) is 18.7 Å². The van der Waals surface area contributed by atoms with Gasteiger partial charge in [-0.25, -0.2) is 4.57 Å². The Kier molecular flexibility index (Phi) is 4.07. The van der Waals surface area contributed by atoms with Gasteiger partial charge in [0, 0.05) is 18.7 Å². The maximum atomic E-state index is 11.5. The van der Waals surface area contributed by atoms with Crippen LogP contribution in [0.25, 0.3) is 0 Å². The van der Waals surface area contributed by atoms with Crippen molar-refractivity contribution >= 4 is 5.91 Å². The number of rotatable bonds is 4. The van der Waals surface area contributed by atoms with Crippen LogP contribution in [0, 0.1) is 0 Å². The highest BCUT2D eigenvalue weighted by Gasteiger charge is 2.05. The van der Waals surface area contributed by atoms with E-state index in [1.165, 1.54) is 0 Å². The van der Waals surface area contributed by atoms with E-state index in [-0.39, 0.29) is 5.91 Å². The van der Waals surface area contributed by atoms with Crippen molar-refractivity contribution in [2.75, 3.05) is 13.1 Å². The first kappa shape index (κ1) is 10.7. The molecule has 0 spiro atoms. The van der Waals surface area contributed by atoms with E-state index in [1.807, 2.05) is 24.0 Å². The summed E-state index contributed by atoms with van der Waals surface area (Å²) in [6.07, 6.45) is 4.50. The Balaban J connectivity index is 2.48. The number of hydrogen-bond acceptors (Lipinski definition) is 2. The average Bonchev–Trinajstić information content (AvgIpc) is 2.19. The van der Waals surface area contributed by atoms with Gasteiger partial charge in [0.25, 0.3) is 5.91 Å². The summed E-state index contributed by atoms with van der Waals surface area (Å²) in [4.78, 5) is 11.5. The molecule has 1 heterocycles. The van der Waals surface area contributed by atoms with Gasteiger partial charge in [0.15, 0.2) is 12.4 Å². The molecule has 0 aliphatic heterocycles. The number of carbonyl (C=O) groups is 1. The van der Waals surface area contributed by atoms with E-state index in [0.717, 1.165) is 6.42 Å². The third-order valence-electron chi connectivity index (χ3n) is 1.91. The number of nitrogens with two attached hydrogens (primary N) is 1. The molecule has 0 unspecified atom stereocenters. The second-order valence-corrected chi connectivity index (χ2v) is 3.15. The van der Waals surface area contributed by atoms with Gasteiger partial charge in [-0.3, -0.25) is 4.79 Å². The van der Waals surface area contributed by atoms with E-state index < -0.39 is 0 Å². The predicted molar refractivity (Wildman–Crippen MR) is 53.6 cm³/mol. The van der Waals surface area contributed by atoms with Crippen LogP contribution in [0.5, 0.6) is 0 Å². The standard InChI is InChI=1S/C10H15N3O/c1-13-7-3-9(4-8-13)10(14)12-6-2-5-11/h3-4,7-8H,2,5-6,11H2,1H3/p+1. The van der Waals surface area contributed by atoms with Gasteiger partial charge in [-0.05, 0) is 13.0 Å². The lowest BCUT2D eigenvalue weighted by Gasteiger charge is -2.02. The Morgan fingerprint density at radius 1 is 1.50 bits per heavy atom. The van der Waals surface area contributed by atoms with E-state index >= 15 is 0 Å². The number of carbonyl (C=O) groups excluding carboxylic acids is 1. The number of hydrogen-bond donors (Lipinski definition) is 2. The quantitative estimate of drug-likeness (QED) is 0.505. The molecule has 0 aliphatic carbocycles. The molecule has 1 aromatic rings. The van der Waals surface area contributed by atoms with E-state index in [1.54, 1.807) is 12.1 Å². The predicted octanol–water partition coefficient (Wildman–Crippen LogP) is -0.410. The fraction of sp³-hybridized carbons (Fsp3) is 0.400. The smallest absolute Gasteiger partial charge is 0.251 e. The molecule has 0 radical (unpaired) electrons. The Morgan fingerprint density at radius 2 is 2.14 bits per heavy atom. The zero-order valence-electron chi connectivity index (χ0n) is 8.36. The highest BCUT2D eigenvalue weighted by molar-refractivity contribution is 5.93. The van der Waals surface area contributed by atoms with Gasteiger partial charge in [-0.1, -0.05) is 0 Å². The molecule has 1 amide bonds. The largest absolute Gasteiger partial charge is 0.352 e. The van der Waals surface area contributed by atoms with Crippen LogP contribution in [0.1, 0.15) is 16.8 Å². The van der Waals surface area contributed by atoms with Crippen LogP contribution in [-0.2, 0) is 7.05 Å². The lowest BCUT2D eigenvalue weighted by atomic mass is 10.2. The van der Waals surface area contributed by atoms with Crippen molar-refractivity contribution in [3.63, 3.8) is 0 Å². The highest BCUT2D eigenvalue weighted by atomic mass is 16.1. The molecule has 0 aromatic carbocycles. The molecule has 0 atom stereocenters. The molecular formula is C10H16N3O+. The first-order valence-electron chi connectivity index (χ1n) is 4.67. The number of amides is 1. The van der Waals surface area contributed by atoms with Crippen LogP contribution in [0.2, 0.25) is 0 Å². The minimum Gasteiger partial charge on any atom is -0.352 e. The number of aryl methyl sites for hydroxylation is 1. The van der Waals surface area contributed by atoms with Crippen LogP contribution >= 0.6 is 0 Å². The van der Waals surface area contributed by atoms with Gasteiger partial charge in [-0.15, -0.1) is 0 Å². The molecule has 4 nitrogen and oxygen atoms in total. The van der Waals surface area contributed by atoms with E-state index in [2.05, 4.69) is 5.32 Å². The number of nitrogens with zero attached hydrogens (tertiary/aromatic N) is 1. The van der Waals surface area contributed by atoms with E-state index in [4.69, 9.17) is 5.73 Å². The minimum atomic E-state index is -0.0425. The molecule has 1 rings (SSSR count).